The second-order valence-electron chi connectivity index (χ2n) is 8.79. The lowest BCUT2D eigenvalue weighted by molar-refractivity contribution is -0.130. The van der Waals surface area contributed by atoms with Crippen LogP contribution in [0, 0.1) is 12.3 Å². The first-order chi connectivity index (χ1) is 15.9. The average molecular weight is 443 g/mol. The second-order valence-corrected chi connectivity index (χ2v) is 8.79. The third-order valence-corrected chi connectivity index (χ3v) is 6.37. The largest absolute Gasteiger partial charge is 0.384 e. The molecule has 0 bridgehead atoms. The van der Waals surface area contributed by atoms with Crippen molar-refractivity contribution in [3.63, 3.8) is 0 Å². The van der Waals surface area contributed by atoms with E-state index in [4.69, 9.17) is 5.73 Å². The van der Waals surface area contributed by atoms with Crippen LogP contribution in [0.25, 0.3) is 11.1 Å². The lowest BCUT2D eigenvalue weighted by Crippen LogP contribution is -2.45. The molecule has 1 aromatic heterocycles. The summed E-state index contributed by atoms with van der Waals surface area (Å²) in [7, 11) is 0. The van der Waals surface area contributed by atoms with Crippen LogP contribution >= 0.6 is 0 Å². The number of hydrogen-bond acceptors (Lipinski definition) is 4. The molecular formula is C27H30N4O2. The Hall–Kier alpha value is -3.67. The Bertz CT molecular complexity index is 1160. The van der Waals surface area contributed by atoms with Crippen molar-refractivity contribution in [3.05, 3.63) is 83.6 Å². The van der Waals surface area contributed by atoms with E-state index in [1.807, 2.05) is 19.1 Å². The number of nitrogens with zero attached hydrogens (tertiary/aromatic N) is 2. The van der Waals surface area contributed by atoms with E-state index in [1.54, 1.807) is 17.0 Å². The molecular weight excluding hydrogens is 412 g/mol. The van der Waals surface area contributed by atoms with E-state index in [0.717, 1.165) is 16.7 Å². The van der Waals surface area contributed by atoms with Crippen molar-refractivity contribution in [1.82, 2.24) is 15.2 Å². The Balaban J connectivity index is 1.65. The zero-order valence-electron chi connectivity index (χ0n) is 19.2. The minimum Gasteiger partial charge on any atom is -0.384 e. The Morgan fingerprint density at radius 2 is 1.94 bits per heavy atom. The van der Waals surface area contributed by atoms with Crippen molar-refractivity contribution >= 4 is 17.6 Å². The molecule has 1 atom stereocenters. The van der Waals surface area contributed by atoms with Gasteiger partial charge in [0, 0.05) is 25.8 Å². The number of benzene rings is 2. The average Bonchev–Trinajstić information content (AvgIpc) is 3.25. The van der Waals surface area contributed by atoms with Crippen LogP contribution in [0.1, 0.15) is 34.8 Å². The van der Waals surface area contributed by atoms with Crippen molar-refractivity contribution in [2.24, 2.45) is 5.41 Å². The molecule has 0 spiro atoms. The summed E-state index contributed by atoms with van der Waals surface area (Å²) >= 11 is 0. The van der Waals surface area contributed by atoms with Crippen LogP contribution in [0.5, 0.6) is 0 Å². The number of carbonyl (C=O) groups excluding carboxylic acids is 2. The van der Waals surface area contributed by atoms with Crippen LogP contribution in [-0.2, 0) is 11.2 Å². The molecule has 6 heteroatoms. The van der Waals surface area contributed by atoms with Gasteiger partial charge in [0.2, 0.25) is 5.91 Å². The van der Waals surface area contributed by atoms with Crippen LogP contribution in [0.3, 0.4) is 0 Å². The van der Waals surface area contributed by atoms with Gasteiger partial charge in [0.1, 0.15) is 5.82 Å². The van der Waals surface area contributed by atoms with Gasteiger partial charge in [0.15, 0.2) is 0 Å². The highest BCUT2D eigenvalue weighted by Crippen LogP contribution is 2.38. The summed E-state index contributed by atoms with van der Waals surface area (Å²) in [4.78, 5) is 32.3. The zero-order valence-corrected chi connectivity index (χ0v) is 19.2. The Labute approximate surface area is 194 Å². The van der Waals surface area contributed by atoms with Crippen molar-refractivity contribution in [3.8, 4) is 11.1 Å². The number of carbonyl (C=O) groups is 2. The summed E-state index contributed by atoms with van der Waals surface area (Å²) in [5, 5.41) is 3.02. The van der Waals surface area contributed by atoms with E-state index in [1.165, 1.54) is 11.8 Å². The Morgan fingerprint density at radius 1 is 1.12 bits per heavy atom. The fourth-order valence-corrected chi connectivity index (χ4v) is 4.65. The minimum absolute atomic E-state index is 0.00484. The molecule has 1 saturated heterocycles. The fraction of sp³-hybridized carbons (Fsp3) is 0.296. The van der Waals surface area contributed by atoms with Crippen LogP contribution in [0.2, 0.25) is 0 Å². The van der Waals surface area contributed by atoms with E-state index >= 15 is 0 Å². The topological polar surface area (TPSA) is 88.3 Å². The highest BCUT2D eigenvalue weighted by atomic mass is 16.2. The molecule has 1 aliphatic heterocycles. The molecule has 0 aliphatic carbocycles. The third-order valence-electron chi connectivity index (χ3n) is 6.37. The maximum Gasteiger partial charge on any atom is 0.255 e. The molecule has 3 aromatic rings. The number of anilines is 1. The summed E-state index contributed by atoms with van der Waals surface area (Å²) < 4.78 is 0. The van der Waals surface area contributed by atoms with Gasteiger partial charge in [0.05, 0.1) is 11.0 Å². The van der Waals surface area contributed by atoms with Crippen molar-refractivity contribution < 1.29 is 9.59 Å². The van der Waals surface area contributed by atoms with E-state index in [0.29, 0.717) is 43.9 Å². The number of amides is 2. The molecule has 1 fully saturated rings. The lowest BCUT2D eigenvalue weighted by atomic mass is 9.78. The van der Waals surface area contributed by atoms with Gasteiger partial charge in [-0.15, -0.1) is 0 Å². The number of aromatic nitrogens is 1. The van der Waals surface area contributed by atoms with E-state index in [2.05, 4.69) is 53.6 Å². The van der Waals surface area contributed by atoms with Crippen molar-refractivity contribution in [2.75, 3.05) is 25.4 Å². The molecule has 3 N–H and O–H groups in total. The minimum atomic E-state index is -0.688. The predicted molar refractivity (Wildman–Crippen MR) is 131 cm³/mol. The predicted octanol–water partition coefficient (Wildman–Crippen LogP) is 3.85. The highest BCUT2D eigenvalue weighted by molar-refractivity contribution is 5.95. The van der Waals surface area contributed by atoms with Gasteiger partial charge in [-0.3, -0.25) is 9.59 Å². The van der Waals surface area contributed by atoms with Gasteiger partial charge < -0.3 is 16.0 Å². The van der Waals surface area contributed by atoms with Gasteiger partial charge in [-0.2, -0.15) is 0 Å². The van der Waals surface area contributed by atoms with E-state index in [-0.39, 0.29) is 11.8 Å². The molecule has 4 rings (SSSR count). The van der Waals surface area contributed by atoms with E-state index < -0.39 is 5.41 Å². The summed E-state index contributed by atoms with van der Waals surface area (Å²) in [6.45, 7) is 5.44. The number of aryl methyl sites for hydroxylation is 1. The number of likely N-dealkylation sites (tertiary alicyclic amines) is 1. The first-order valence-corrected chi connectivity index (χ1v) is 11.4. The molecule has 2 aromatic carbocycles. The van der Waals surface area contributed by atoms with Crippen molar-refractivity contribution in [2.45, 2.75) is 26.7 Å². The van der Waals surface area contributed by atoms with Gasteiger partial charge in [-0.05, 0) is 55.5 Å². The van der Waals surface area contributed by atoms with Crippen LogP contribution in [0.4, 0.5) is 5.82 Å². The quantitative estimate of drug-likeness (QED) is 0.607. The molecule has 1 aliphatic rings. The number of nitrogens with two attached hydrogens (primary N) is 1. The molecule has 0 saturated carbocycles. The molecule has 0 unspecified atom stereocenters. The maximum absolute atomic E-state index is 13.3. The molecule has 33 heavy (non-hydrogen) atoms. The van der Waals surface area contributed by atoms with Crippen LogP contribution in [0.15, 0.2) is 66.9 Å². The smallest absolute Gasteiger partial charge is 0.255 e. The number of nitrogen functional groups attached to an aromatic ring is 1. The van der Waals surface area contributed by atoms with Crippen LogP contribution in [-0.4, -0.2) is 41.3 Å². The standard InChI is InChI=1S/C27H30N4O2/c1-3-29-26(33)27(13-14-31(18-27)25(32)22-11-12-24(28)30-17-22)16-21-8-4-5-10-23(21)20-9-6-7-19(2)15-20/h4-12,15,17H,3,13-14,16,18H2,1-2H3,(H2,28,30)(H,29,33)/t27-/m1/s1. The first-order valence-electron chi connectivity index (χ1n) is 11.4. The number of rotatable bonds is 6. The normalized spacial score (nSPS) is 17.7. The number of pyridine rings is 1. The fourth-order valence-electron chi connectivity index (χ4n) is 4.65. The summed E-state index contributed by atoms with van der Waals surface area (Å²) in [5.41, 5.74) is 10.0. The number of hydrogen-bond donors (Lipinski definition) is 2. The van der Waals surface area contributed by atoms with Gasteiger partial charge in [-0.1, -0.05) is 54.1 Å². The lowest BCUT2D eigenvalue weighted by Gasteiger charge is -2.29. The third kappa shape index (κ3) is 4.75. The molecule has 0 radical (unpaired) electrons. The van der Waals surface area contributed by atoms with E-state index in [9.17, 15) is 9.59 Å². The molecule has 2 heterocycles. The van der Waals surface area contributed by atoms with Gasteiger partial charge in [0.25, 0.3) is 5.91 Å². The monoisotopic (exact) mass is 442 g/mol. The highest BCUT2D eigenvalue weighted by Gasteiger charge is 2.46. The first kappa shape index (κ1) is 22.5. The maximum atomic E-state index is 13.3. The SMILES string of the molecule is CCNC(=O)[C@@]1(Cc2ccccc2-c2cccc(C)c2)CCN(C(=O)c2ccc(N)nc2)C1. The zero-order chi connectivity index (χ0) is 23.4. The molecule has 2 amide bonds. The summed E-state index contributed by atoms with van der Waals surface area (Å²) in [6.07, 6.45) is 2.67. The van der Waals surface area contributed by atoms with Crippen LogP contribution < -0.4 is 11.1 Å². The Kier molecular flexibility index (Phi) is 6.45. The second kappa shape index (κ2) is 9.45. The molecule has 170 valence electrons. The summed E-state index contributed by atoms with van der Waals surface area (Å²) in [6, 6.07) is 19.9. The molecule has 6 nitrogen and oxygen atoms in total. The van der Waals surface area contributed by atoms with Gasteiger partial charge in [-0.25, -0.2) is 4.98 Å². The Morgan fingerprint density at radius 3 is 2.67 bits per heavy atom. The van der Waals surface area contributed by atoms with Crippen molar-refractivity contribution in [1.29, 1.82) is 0 Å². The summed E-state index contributed by atoms with van der Waals surface area (Å²) in [5.74, 6) is 0.243. The number of nitrogens with one attached hydrogen (secondary N) is 1. The van der Waals surface area contributed by atoms with Gasteiger partial charge >= 0.3 is 0 Å².